The molecule has 0 radical (unpaired) electrons. The van der Waals surface area contributed by atoms with Gasteiger partial charge >= 0.3 is 11.9 Å². The molecule has 2 aliphatic heterocycles. The van der Waals surface area contributed by atoms with E-state index in [-0.39, 0.29) is 24.9 Å². The molecule has 3 aliphatic rings. The molecular weight excluding hydrogens is 352 g/mol. The molecule has 7 heteroatoms. The zero-order valence-corrected chi connectivity index (χ0v) is 16.2. The van der Waals surface area contributed by atoms with Gasteiger partial charge in [0.05, 0.1) is 24.2 Å². The lowest BCUT2D eigenvalue weighted by molar-refractivity contribution is -0.149. The molecule has 7 atom stereocenters. The van der Waals surface area contributed by atoms with Gasteiger partial charge in [0.15, 0.2) is 0 Å². The monoisotopic (exact) mass is 380 g/mol. The number of hydrogen-bond donors (Lipinski definition) is 2. The second-order valence-corrected chi connectivity index (χ2v) is 7.99. The van der Waals surface area contributed by atoms with Crippen molar-refractivity contribution >= 4 is 11.9 Å². The van der Waals surface area contributed by atoms with E-state index in [1.807, 2.05) is 6.92 Å². The highest BCUT2D eigenvalue weighted by Crippen LogP contribution is 2.48. The van der Waals surface area contributed by atoms with Crippen molar-refractivity contribution in [2.45, 2.75) is 70.6 Å². The van der Waals surface area contributed by atoms with Crippen LogP contribution in [0.3, 0.4) is 0 Å². The predicted octanol–water partition coefficient (Wildman–Crippen LogP) is 1.27. The minimum absolute atomic E-state index is 0.244. The van der Waals surface area contributed by atoms with Crippen LogP contribution in [0.25, 0.3) is 0 Å². The van der Waals surface area contributed by atoms with E-state index in [2.05, 4.69) is 0 Å². The van der Waals surface area contributed by atoms with Gasteiger partial charge in [-0.25, -0.2) is 4.79 Å². The Kier molecular flexibility index (Phi) is 5.47. The van der Waals surface area contributed by atoms with Crippen LogP contribution in [0.1, 0.15) is 40.5 Å². The van der Waals surface area contributed by atoms with E-state index in [0.29, 0.717) is 17.6 Å². The van der Waals surface area contributed by atoms with Gasteiger partial charge < -0.3 is 24.4 Å². The highest BCUT2D eigenvalue weighted by atomic mass is 16.6. The summed E-state index contributed by atoms with van der Waals surface area (Å²) < 4.78 is 17.0. The third-order valence-corrected chi connectivity index (χ3v) is 5.99. The number of ether oxygens (including phenoxy) is 3. The maximum Gasteiger partial charge on any atom is 0.333 e. The van der Waals surface area contributed by atoms with Gasteiger partial charge in [0, 0.05) is 17.9 Å². The molecule has 0 saturated carbocycles. The summed E-state index contributed by atoms with van der Waals surface area (Å²) >= 11 is 0. The summed E-state index contributed by atoms with van der Waals surface area (Å²) in [4.78, 5) is 24.7. The van der Waals surface area contributed by atoms with Crippen molar-refractivity contribution < 1.29 is 34.0 Å². The lowest BCUT2D eigenvalue weighted by atomic mass is 9.79. The van der Waals surface area contributed by atoms with Crippen molar-refractivity contribution in [3.8, 4) is 0 Å². The third-order valence-electron chi connectivity index (χ3n) is 5.99. The first-order valence-electron chi connectivity index (χ1n) is 9.41. The minimum Gasteiger partial charge on any atom is -0.458 e. The van der Waals surface area contributed by atoms with Crippen LogP contribution in [0.15, 0.2) is 23.3 Å². The fourth-order valence-corrected chi connectivity index (χ4v) is 4.14. The summed E-state index contributed by atoms with van der Waals surface area (Å²) in [6, 6.07) is 0. The molecular formula is C20H28O7. The summed E-state index contributed by atoms with van der Waals surface area (Å²) in [6.45, 7) is 6.80. The van der Waals surface area contributed by atoms with Gasteiger partial charge in [0.2, 0.25) is 0 Å². The number of allylic oxidation sites excluding steroid dienone is 1. The van der Waals surface area contributed by atoms with Crippen LogP contribution in [0.4, 0.5) is 0 Å². The van der Waals surface area contributed by atoms with Gasteiger partial charge in [-0.15, -0.1) is 0 Å². The van der Waals surface area contributed by atoms with Crippen molar-refractivity contribution in [3.63, 3.8) is 0 Å². The first-order valence-corrected chi connectivity index (χ1v) is 9.41. The highest BCUT2D eigenvalue weighted by Gasteiger charge is 2.60. The van der Waals surface area contributed by atoms with Crippen LogP contribution in [-0.4, -0.2) is 58.8 Å². The summed E-state index contributed by atoms with van der Waals surface area (Å²) in [6.07, 6.45) is 1.54. The quantitative estimate of drug-likeness (QED) is 0.329. The molecule has 3 rings (SSSR count). The number of carbonyl (C=O) groups excluding carboxylic acids is 2. The van der Waals surface area contributed by atoms with Crippen LogP contribution < -0.4 is 0 Å². The topological polar surface area (TPSA) is 106 Å². The Morgan fingerprint density at radius 1 is 1.48 bits per heavy atom. The van der Waals surface area contributed by atoms with Crippen LogP contribution in [0.5, 0.6) is 0 Å². The van der Waals surface area contributed by atoms with E-state index in [0.717, 1.165) is 0 Å². The highest BCUT2D eigenvalue weighted by molar-refractivity contribution is 5.87. The van der Waals surface area contributed by atoms with E-state index in [1.54, 1.807) is 32.9 Å². The smallest absolute Gasteiger partial charge is 0.333 e. The van der Waals surface area contributed by atoms with Crippen molar-refractivity contribution in [3.05, 3.63) is 23.3 Å². The first-order chi connectivity index (χ1) is 12.7. The molecule has 27 heavy (non-hydrogen) atoms. The molecule has 7 unspecified atom stereocenters. The van der Waals surface area contributed by atoms with Crippen molar-refractivity contribution in [1.29, 1.82) is 0 Å². The third kappa shape index (κ3) is 3.81. The van der Waals surface area contributed by atoms with E-state index in [9.17, 15) is 19.8 Å². The summed E-state index contributed by atoms with van der Waals surface area (Å²) in [7, 11) is 0. The minimum atomic E-state index is -0.784. The summed E-state index contributed by atoms with van der Waals surface area (Å²) in [5.41, 5.74) is 0.405. The fraction of sp³-hybridized carbons (Fsp3) is 0.700. The molecule has 150 valence electrons. The molecule has 1 aliphatic carbocycles. The lowest BCUT2D eigenvalue weighted by Crippen LogP contribution is -2.40. The molecule has 7 nitrogen and oxygen atoms in total. The standard InChI is InChI=1S/C20H28O7/c1-5-10(2)18(23)26-15-8-20(4)17(27-20)13(22)6-12(9-21)7-14-16(15)11(3)19(24)25-14/h5,7,11,13-17,21-22H,6,8-9H2,1-4H3. The average molecular weight is 380 g/mol. The Morgan fingerprint density at radius 3 is 2.81 bits per heavy atom. The number of carbonyl (C=O) groups is 2. The van der Waals surface area contributed by atoms with E-state index < -0.39 is 41.9 Å². The number of hydrogen-bond acceptors (Lipinski definition) is 7. The van der Waals surface area contributed by atoms with E-state index in [4.69, 9.17) is 14.2 Å². The molecule has 2 heterocycles. The van der Waals surface area contributed by atoms with Crippen LogP contribution in [0, 0.1) is 11.8 Å². The second-order valence-electron chi connectivity index (χ2n) is 7.99. The van der Waals surface area contributed by atoms with Gasteiger partial charge in [0.25, 0.3) is 0 Å². The predicted molar refractivity (Wildman–Crippen MR) is 95.5 cm³/mol. The van der Waals surface area contributed by atoms with Crippen LogP contribution in [-0.2, 0) is 23.8 Å². The maximum atomic E-state index is 12.4. The van der Waals surface area contributed by atoms with Crippen molar-refractivity contribution in [2.24, 2.45) is 11.8 Å². The number of fused-ring (bicyclic) bond motifs is 2. The number of aliphatic hydroxyl groups excluding tert-OH is 2. The molecule has 0 aromatic carbocycles. The second kappa shape index (κ2) is 7.37. The molecule has 0 amide bonds. The van der Waals surface area contributed by atoms with Gasteiger partial charge in [0.1, 0.15) is 18.3 Å². The van der Waals surface area contributed by atoms with Crippen LogP contribution >= 0.6 is 0 Å². The number of aliphatic hydroxyl groups is 2. The normalized spacial score (nSPS) is 41.8. The number of rotatable bonds is 3. The molecule has 2 saturated heterocycles. The van der Waals surface area contributed by atoms with Gasteiger partial charge in [-0.3, -0.25) is 4.79 Å². The Labute approximate surface area is 159 Å². The molecule has 0 bridgehead atoms. The first kappa shape index (κ1) is 20.0. The Morgan fingerprint density at radius 2 is 2.19 bits per heavy atom. The molecule has 0 spiro atoms. The number of epoxide rings is 1. The van der Waals surface area contributed by atoms with E-state index in [1.165, 1.54) is 0 Å². The maximum absolute atomic E-state index is 12.4. The molecule has 2 fully saturated rings. The Bertz CT molecular complexity index is 682. The van der Waals surface area contributed by atoms with Gasteiger partial charge in [-0.05, 0) is 38.8 Å². The number of esters is 2. The molecule has 2 N–H and O–H groups in total. The van der Waals surface area contributed by atoms with Crippen molar-refractivity contribution in [1.82, 2.24) is 0 Å². The Hall–Kier alpha value is -1.70. The fourth-order valence-electron chi connectivity index (χ4n) is 4.14. The van der Waals surface area contributed by atoms with E-state index >= 15 is 0 Å². The molecule has 0 aromatic heterocycles. The zero-order chi connectivity index (χ0) is 19.9. The van der Waals surface area contributed by atoms with Crippen molar-refractivity contribution in [2.75, 3.05) is 6.61 Å². The molecule has 0 aromatic rings. The van der Waals surface area contributed by atoms with Gasteiger partial charge in [-0.1, -0.05) is 13.0 Å². The lowest BCUT2D eigenvalue weighted by Gasteiger charge is -2.30. The summed E-state index contributed by atoms with van der Waals surface area (Å²) in [5.74, 6) is -1.65. The van der Waals surface area contributed by atoms with Crippen LogP contribution in [0.2, 0.25) is 0 Å². The summed E-state index contributed by atoms with van der Waals surface area (Å²) in [5, 5.41) is 20.1. The SMILES string of the molecule is CC=C(C)C(=O)OC1CC2(C)OC2C(O)CC(CO)=CC2OC(=O)C(C)C21. The van der Waals surface area contributed by atoms with Gasteiger partial charge in [-0.2, -0.15) is 0 Å². The zero-order valence-electron chi connectivity index (χ0n) is 16.2. The average Bonchev–Trinajstić information content (AvgIpc) is 3.21. The Balaban J connectivity index is 1.98. The largest absolute Gasteiger partial charge is 0.458 e.